The molecule has 1 aliphatic heterocycles. The number of carbonyl (C=O) groups excluding carboxylic acids is 1. The van der Waals surface area contributed by atoms with Crippen molar-refractivity contribution in [1.82, 2.24) is 9.29 Å². The van der Waals surface area contributed by atoms with Crippen molar-refractivity contribution >= 4 is 27.4 Å². The Kier molecular flexibility index (Phi) is 6.87. The van der Waals surface area contributed by atoms with Crippen LogP contribution in [0.1, 0.15) is 43.5 Å². The van der Waals surface area contributed by atoms with Gasteiger partial charge in [0.05, 0.1) is 16.8 Å². The number of hydrogen-bond acceptors (Lipinski definition) is 5. The molecule has 156 valence electrons. The molecule has 1 fully saturated rings. The van der Waals surface area contributed by atoms with E-state index in [9.17, 15) is 13.2 Å². The lowest BCUT2D eigenvalue weighted by Gasteiger charge is -2.26. The minimum Gasteiger partial charge on any atom is -0.357 e. The molecule has 1 aromatic carbocycles. The van der Waals surface area contributed by atoms with E-state index in [0.717, 1.165) is 38.2 Å². The Balaban J connectivity index is 1.74. The number of pyridine rings is 1. The number of amides is 1. The van der Waals surface area contributed by atoms with Crippen LogP contribution >= 0.6 is 0 Å². The van der Waals surface area contributed by atoms with Gasteiger partial charge in [0.25, 0.3) is 5.91 Å². The van der Waals surface area contributed by atoms with Gasteiger partial charge in [-0.15, -0.1) is 0 Å². The van der Waals surface area contributed by atoms with E-state index < -0.39 is 10.0 Å². The molecule has 0 unspecified atom stereocenters. The van der Waals surface area contributed by atoms with Gasteiger partial charge in [-0.05, 0) is 57.0 Å². The molecular formula is C21H28N4O3S. The molecule has 2 aromatic rings. The summed E-state index contributed by atoms with van der Waals surface area (Å²) >= 11 is 0. The van der Waals surface area contributed by atoms with E-state index in [2.05, 4.69) is 29.0 Å². The van der Waals surface area contributed by atoms with Gasteiger partial charge < -0.3 is 10.2 Å². The number of nitrogens with zero attached hydrogens (tertiary/aromatic N) is 3. The van der Waals surface area contributed by atoms with E-state index in [4.69, 9.17) is 0 Å². The average Bonchev–Trinajstić information content (AvgIpc) is 2.76. The molecule has 0 radical (unpaired) electrons. The second kappa shape index (κ2) is 9.37. The Morgan fingerprint density at radius 3 is 2.45 bits per heavy atom. The summed E-state index contributed by atoms with van der Waals surface area (Å²) in [7, 11) is -3.58. The SMILES string of the molecule is CCN(CC)c1ccc(NC(=O)c2cccc(S(=O)(=O)N3CCCCC3)c2)cn1. The molecule has 3 rings (SSSR count). The summed E-state index contributed by atoms with van der Waals surface area (Å²) in [6.07, 6.45) is 4.40. The van der Waals surface area contributed by atoms with Crippen LogP contribution in [0, 0.1) is 0 Å². The van der Waals surface area contributed by atoms with E-state index in [-0.39, 0.29) is 10.8 Å². The molecule has 29 heavy (non-hydrogen) atoms. The van der Waals surface area contributed by atoms with Gasteiger partial charge in [0.1, 0.15) is 5.82 Å². The number of hydrogen-bond donors (Lipinski definition) is 1. The molecule has 1 saturated heterocycles. The van der Waals surface area contributed by atoms with Crippen molar-refractivity contribution in [3.63, 3.8) is 0 Å². The van der Waals surface area contributed by atoms with E-state index in [1.54, 1.807) is 30.5 Å². The maximum Gasteiger partial charge on any atom is 0.255 e. The second-order valence-electron chi connectivity index (χ2n) is 7.02. The quantitative estimate of drug-likeness (QED) is 0.748. The van der Waals surface area contributed by atoms with Crippen LogP contribution in [0.15, 0.2) is 47.5 Å². The van der Waals surface area contributed by atoms with E-state index >= 15 is 0 Å². The van der Waals surface area contributed by atoms with Crippen molar-refractivity contribution in [2.24, 2.45) is 0 Å². The fourth-order valence-electron chi connectivity index (χ4n) is 3.45. The highest BCUT2D eigenvalue weighted by atomic mass is 32.2. The summed E-state index contributed by atoms with van der Waals surface area (Å²) < 4.78 is 27.2. The Hall–Kier alpha value is -2.45. The highest BCUT2D eigenvalue weighted by Crippen LogP contribution is 2.22. The Morgan fingerprint density at radius 1 is 1.10 bits per heavy atom. The van der Waals surface area contributed by atoms with Crippen LogP contribution in [0.5, 0.6) is 0 Å². The molecule has 1 amide bonds. The molecular weight excluding hydrogens is 388 g/mol. The molecule has 8 heteroatoms. The van der Waals surface area contributed by atoms with Gasteiger partial charge in [-0.1, -0.05) is 12.5 Å². The summed E-state index contributed by atoms with van der Waals surface area (Å²) in [5.74, 6) is 0.487. The first kappa shape index (κ1) is 21.3. The Bertz CT molecular complexity index is 935. The molecule has 1 aromatic heterocycles. The average molecular weight is 417 g/mol. The van der Waals surface area contributed by atoms with Crippen molar-refractivity contribution < 1.29 is 13.2 Å². The molecule has 7 nitrogen and oxygen atoms in total. The first-order chi connectivity index (χ1) is 14.0. The fraction of sp³-hybridized carbons (Fsp3) is 0.429. The van der Waals surface area contributed by atoms with Gasteiger partial charge in [-0.25, -0.2) is 13.4 Å². The van der Waals surface area contributed by atoms with Gasteiger partial charge in [0, 0.05) is 31.7 Å². The van der Waals surface area contributed by atoms with Gasteiger partial charge in [-0.3, -0.25) is 4.79 Å². The molecule has 2 heterocycles. The number of anilines is 2. The monoisotopic (exact) mass is 416 g/mol. The van der Waals surface area contributed by atoms with Gasteiger partial charge >= 0.3 is 0 Å². The number of piperidine rings is 1. The molecule has 0 saturated carbocycles. The van der Waals surface area contributed by atoms with Crippen LogP contribution in [0.25, 0.3) is 0 Å². The lowest BCUT2D eigenvalue weighted by molar-refractivity contribution is 0.102. The molecule has 0 atom stereocenters. The van der Waals surface area contributed by atoms with Crippen LogP contribution in [0.4, 0.5) is 11.5 Å². The molecule has 0 aliphatic carbocycles. The van der Waals surface area contributed by atoms with Crippen LogP contribution in [0.2, 0.25) is 0 Å². The minimum absolute atomic E-state index is 0.155. The third-order valence-electron chi connectivity index (χ3n) is 5.14. The number of aromatic nitrogens is 1. The number of sulfonamides is 1. The maximum absolute atomic E-state index is 12.9. The number of benzene rings is 1. The third kappa shape index (κ3) is 4.94. The van der Waals surface area contributed by atoms with E-state index in [1.807, 2.05) is 6.07 Å². The zero-order valence-corrected chi connectivity index (χ0v) is 17.8. The standard InChI is InChI=1S/C21H28N4O3S/c1-3-24(4-2)20-12-11-18(16-22-20)23-21(26)17-9-8-10-19(15-17)29(27,28)25-13-6-5-7-14-25/h8-12,15-16H,3-7,13-14H2,1-2H3,(H,23,26). The van der Waals surface area contributed by atoms with Gasteiger partial charge in [0.2, 0.25) is 10.0 Å². The highest BCUT2D eigenvalue weighted by Gasteiger charge is 2.26. The third-order valence-corrected chi connectivity index (χ3v) is 7.04. The smallest absolute Gasteiger partial charge is 0.255 e. The first-order valence-corrected chi connectivity index (χ1v) is 11.5. The van der Waals surface area contributed by atoms with Gasteiger partial charge in [-0.2, -0.15) is 4.31 Å². The number of carbonyl (C=O) groups is 1. The topological polar surface area (TPSA) is 82.6 Å². The van der Waals surface area contributed by atoms with E-state index in [0.29, 0.717) is 24.3 Å². The molecule has 0 spiro atoms. The first-order valence-electron chi connectivity index (χ1n) is 10.1. The summed E-state index contributed by atoms with van der Waals surface area (Å²) in [5.41, 5.74) is 0.867. The molecule has 0 bridgehead atoms. The lowest BCUT2D eigenvalue weighted by Crippen LogP contribution is -2.35. The lowest BCUT2D eigenvalue weighted by atomic mass is 10.2. The zero-order valence-electron chi connectivity index (χ0n) is 17.0. The second-order valence-corrected chi connectivity index (χ2v) is 8.96. The Labute approximate surface area is 172 Å². The van der Waals surface area contributed by atoms with Crippen molar-refractivity contribution in [2.75, 3.05) is 36.4 Å². The minimum atomic E-state index is -3.58. The highest BCUT2D eigenvalue weighted by molar-refractivity contribution is 7.89. The summed E-state index contributed by atoms with van der Waals surface area (Å²) in [6, 6.07) is 9.86. The summed E-state index contributed by atoms with van der Waals surface area (Å²) in [4.78, 5) is 19.3. The maximum atomic E-state index is 12.9. The Morgan fingerprint density at radius 2 is 1.83 bits per heavy atom. The zero-order chi connectivity index (χ0) is 20.9. The van der Waals surface area contributed by atoms with Crippen LogP contribution in [-0.2, 0) is 10.0 Å². The van der Waals surface area contributed by atoms with E-state index in [1.165, 1.54) is 10.4 Å². The normalized spacial score (nSPS) is 15.1. The number of rotatable bonds is 7. The fourth-order valence-corrected chi connectivity index (χ4v) is 5.01. The molecule has 1 N–H and O–H groups in total. The summed E-state index contributed by atoms with van der Waals surface area (Å²) in [6.45, 7) is 6.89. The van der Waals surface area contributed by atoms with Gasteiger partial charge in [0.15, 0.2) is 0 Å². The van der Waals surface area contributed by atoms with Crippen LogP contribution in [0.3, 0.4) is 0 Å². The molecule has 1 aliphatic rings. The van der Waals surface area contributed by atoms with Crippen molar-refractivity contribution in [1.29, 1.82) is 0 Å². The van der Waals surface area contributed by atoms with Crippen molar-refractivity contribution in [3.05, 3.63) is 48.2 Å². The van der Waals surface area contributed by atoms with Crippen molar-refractivity contribution in [2.45, 2.75) is 38.0 Å². The van der Waals surface area contributed by atoms with Crippen LogP contribution < -0.4 is 10.2 Å². The predicted octanol–water partition coefficient (Wildman–Crippen LogP) is 3.35. The summed E-state index contributed by atoms with van der Waals surface area (Å²) in [5, 5.41) is 2.79. The largest absolute Gasteiger partial charge is 0.357 e. The number of nitrogens with one attached hydrogen (secondary N) is 1. The van der Waals surface area contributed by atoms with Crippen LogP contribution in [-0.4, -0.2) is 49.8 Å². The van der Waals surface area contributed by atoms with Crippen molar-refractivity contribution in [3.8, 4) is 0 Å². The predicted molar refractivity (Wildman–Crippen MR) is 115 cm³/mol.